The van der Waals surface area contributed by atoms with Crippen LogP contribution < -0.4 is 5.32 Å². The molecule has 2 aromatic heterocycles. The second-order valence-electron chi connectivity index (χ2n) is 4.87. The lowest BCUT2D eigenvalue weighted by Gasteiger charge is -2.07. The van der Waals surface area contributed by atoms with Crippen LogP contribution in [0.15, 0.2) is 36.5 Å². The van der Waals surface area contributed by atoms with Crippen LogP contribution in [0.4, 0.5) is 5.82 Å². The number of amides is 1. The monoisotopic (exact) mass is 348 g/mol. The van der Waals surface area contributed by atoms with Crippen molar-refractivity contribution < 1.29 is 4.79 Å². The van der Waals surface area contributed by atoms with E-state index >= 15 is 0 Å². The van der Waals surface area contributed by atoms with Crippen LogP contribution in [0, 0.1) is 4.77 Å². The molecule has 0 aliphatic carbocycles. The van der Waals surface area contributed by atoms with Crippen LogP contribution in [0.5, 0.6) is 0 Å². The third kappa shape index (κ3) is 3.49. The van der Waals surface area contributed by atoms with Gasteiger partial charge in [-0.15, -0.1) is 0 Å². The highest BCUT2D eigenvalue weighted by molar-refractivity contribution is 7.71. The molecule has 0 spiro atoms. The summed E-state index contributed by atoms with van der Waals surface area (Å²) in [6.45, 7) is 0.0316. The molecular formula is C14H13ClN6OS. The maximum Gasteiger partial charge on any atom is 0.245 e. The molecule has 0 saturated heterocycles. The Morgan fingerprint density at radius 3 is 2.74 bits per heavy atom. The summed E-state index contributed by atoms with van der Waals surface area (Å²) in [5.41, 5.74) is 0.812. The largest absolute Gasteiger partial charge is 0.308 e. The number of nitrogens with zero attached hydrogens (tertiary/aromatic N) is 4. The number of anilines is 1. The molecule has 1 aromatic carbocycles. The number of hydrogen-bond donors (Lipinski definition) is 2. The number of H-pyrrole nitrogens is 1. The van der Waals surface area contributed by atoms with E-state index < -0.39 is 0 Å². The Bertz CT molecular complexity index is 895. The van der Waals surface area contributed by atoms with Crippen LogP contribution in [0.2, 0.25) is 5.02 Å². The van der Waals surface area contributed by atoms with Gasteiger partial charge < -0.3 is 5.32 Å². The number of benzene rings is 1. The first-order valence-electron chi connectivity index (χ1n) is 6.73. The third-order valence-electron chi connectivity index (χ3n) is 3.14. The summed E-state index contributed by atoms with van der Waals surface area (Å²) in [6.07, 6.45) is 1.75. The van der Waals surface area contributed by atoms with Gasteiger partial charge in [0.1, 0.15) is 6.54 Å². The zero-order valence-electron chi connectivity index (χ0n) is 12.2. The SMILES string of the molecule is Cn1ccc(NC(=O)Cn2c(-c3ccc(Cl)cc3)n[nH]c2=S)n1. The Labute approximate surface area is 141 Å². The molecule has 3 aromatic rings. The van der Waals surface area contributed by atoms with Crippen molar-refractivity contribution in [1.82, 2.24) is 24.5 Å². The second kappa shape index (κ2) is 6.35. The number of nitrogens with one attached hydrogen (secondary N) is 2. The van der Waals surface area contributed by atoms with E-state index in [0.29, 0.717) is 21.4 Å². The average Bonchev–Trinajstić information content (AvgIpc) is 3.07. The first kappa shape index (κ1) is 15.4. The Hall–Kier alpha value is -2.45. The summed E-state index contributed by atoms with van der Waals surface area (Å²) in [6, 6.07) is 8.87. The summed E-state index contributed by atoms with van der Waals surface area (Å²) < 4.78 is 3.60. The fraction of sp³-hybridized carbons (Fsp3) is 0.143. The molecule has 118 valence electrons. The first-order valence-corrected chi connectivity index (χ1v) is 7.52. The Morgan fingerprint density at radius 1 is 1.35 bits per heavy atom. The van der Waals surface area contributed by atoms with E-state index in [0.717, 1.165) is 5.56 Å². The highest BCUT2D eigenvalue weighted by atomic mass is 35.5. The molecule has 0 bridgehead atoms. The van der Waals surface area contributed by atoms with E-state index in [1.807, 2.05) is 12.1 Å². The van der Waals surface area contributed by atoms with Crippen LogP contribution in [0.1, 0.15) is 0 Å². The number of aryl methyl sites for hydroxylation is 1. The van der Waals surface area contributed by atoms with Gasteiger partial charge in [-0.2, -0.15) is 10.2 Å². The summed E-state index contributed by atoms with van der Waals surface area (Å²) in [7, 11) is 1.78. The minimum absolute atomic E-state index is 0.0316. The molecule has 23 heavy (non-hydrogen) atoms. The zero-order valence-corrected chi connectivity index (χ0v) is 13.7. The molecule has 2 heterocycles. The predicted molar refractivity (Wildman–Crippen MR) is 89.7 cm³/mol. The van der Waals surface area contributed by atoms with Crippen LogP contribution in [-0.2, 0) is 18.4 Å². The lowest BCUT2D eigenvalue weighted by Crippen LogP contribution is -2.20. The number of carbonyl (C=O) groups excluding carboxylic acids is 1. The highest BCUT2D eigenvalue weighted by Crippen LogP contribution is 2.20. The van der Waals surface area contributed by atoms with Gasteiger partial charge in [-0.25, -0.2) is 0 Å². The third-order valence-corrected chi connectivity index (χ3v) is 3.71. The highest BCUT2D eigenvalue weighted by Gasteiger charge is 2.13. The van der Waals surface area contributed by atoms with E-state index in [-0.39, 0.29) is 12.5 Å². The number of aromatic nitrogens is 5. The second-order valence-corrected chi connectivity index (χ2v) is 5.69. The quantitative estimate of drug-likeness (QED) is 0.710. The molecule has 0 fully saturated rings. The molecule has 9 heteroatoms. The van der Waals surface area contributed by atoms with Gasteiger partial charge in [-0.1, -0.05) is 11.6 Å². The molecule has 3 rings (SSSR count). The van der Waals surface area contributed by atoms with Crippen LogP contribution in [0.3, 0.4) is 0 Å². The van der Waals surface area contributed by atoms with Crippen molar-refractivity contribution in [2.24, 2.45) is 7.05 Å². The van der Waals surface area contributed by atoms with E-state index in [4.69, 9.17) is 23.8 Å². The lowest BCUT2D eigenvalue weighted by atomic mass is 10.2. The molecule has 0 saturated carbocycles. The molecule has 0 unspecified atom stereocenters. The van der Waals surface area contributed by atoms with Gasteiger partial charge in [0.2, 0.25) is 5.91 Å². The molecule has 0 aliphatic rings. The predicted octanol–water partition coefficient (Wildman–Crippen LogP) is 2.63. The Balaban J connectivity index is 1.82. The molecule has 7 nitrogen and oxygen atoms in total. The van der Waals surface area contributed by atoms with Crippen molar-refractivity contribution >= 4 is 35.5 Å². The topological polar surface area (TPSA) is 80.5 Å². The van der Waals surface area contributed by atoms with E-state index in [2.05, 4.69) is 20.6 Å². The molecule has 0 atom stereocenters. The molecule has 0 radical (unpaired) electrons. The van der Waals surface area contributed by atoms with E-state index in [9.17, 15) is 4.79 Å². The van der Waals surface area contributed by atoms with Gasteiger partial charge in [0.05, 0.1) is 0 Å². The van der Waals surface area contributed by atoms with Gasteiger partial charge in [-0.05, 0) is 36.5 Å². The van der Waals surface area contributed by atoms with Crippen LogP contribution >= 0.6 is 23.8 Å². The molecular weight excluding hydrogens is 336 g/mol. The standard InChI is InChI=1S/C14H13ClN6OS/c1-20-7-6-11(19-20)16-12(22)8-21-13(17-18-14(21)23)9-2-4-10(15)5-3-9/h2-7H,8H2,1H3,(H,18,23)(H,16,19,22). The Morgan fingerprint density at radius 2 is 2.09 bits per heavy atom. The summed E-state index contributed by atoms with van der Waals surface area (Å²) in [5.74, 6) is 0.819. The van der Waals surface area contributed by atoms with Crippen molar-refractivity contribution in [1.29, 1.82) is 0 Å². The van der Waals surface area contributed by atoms with Gasteiger partial charge >= 0.3 is 0 Å². The summed E-state index contributed by atoms with van der Waals surface area (Å²) >= 11 is 11.1. The fourth-order valence-corrected chi connectivity index (χ4v) is 2.41. The van der Waals surface area contributed by atoms with Gasteiger partial charge in [0, 0.05) is 29.9 Å². The van der Waals surface area contributed by atoms with Gasteiger partial charge in [0.25, 0.3) is 0 Å². The van der Waals surface area contributed by atoms with Crippen molar-refractivity contribution in [2.45, 2.75) is 6.54 Å². The lowest BCUT2D eigenvalue weighted by molar-refractivity contribution is -0.116. The Kier molecular flexibility index (Phi) is 4.26. The number of rotatable bonds is 4. The minimum atomic E-state index is -0.239. The fourth-order valence-electron chi connectivity index (χ4n) is 2.09. The average molecular weight is 349 g/mol. The minimum Gasteiger partial charge on any atom is -0.308 e. The maximum atomic E-state index is 12.2. The number of carbonyl (C=O) groups is 1. The number of aromatic amines is 1. The first-order chi connectivity index (χ1) is 11.0. The normalized spacial score (nSPS) is 10.7. The van der Waals surface area contributed by atoms with Gasteiger partial charge in [-0.3, -0.25) is 19.1 Å². The zero-order chi connectivity index (χ0) is 16.4. The van der Waals surface area contributed by atoms with E-state index in [1.54, 1.807) is 40.7 Å². The molecule has 1 amide bonds. The number of halogens is 1. The maximum absolute atomic E-state index is 12.2. The molecule has 2 N–H and O–H groups in total. The summed E-state index contributed by atoms with van der Waals surface area (Å²) in [5, 5.41) is 14.3. The van der Waals surface area contributed by atoms with Gasteiger partial charge in [0.15, 0.2) is 16.4 Å². The van der Waals surface area contributed by atoms with Crippen molar-refractivity contribution in [3.8, 4) is 11.4 Å². The van der Waals surface area contributed by atoms with E-state index in [1.165, 1.54) is 0 Å². The number of hydrogen-bond acceptors (Lipinski definition) is 4. The van der Waals surface area contributed by atoms with Crippen LogP contribution in [-0.4, -0.2) is 30.5 Å². The van der Waals surface area contributed by atoms with Crippen molar-refractivity contribution in [3.63, 3.8) is 0 Å². The van der Waals surface area contributed by atoms with Crippen molar-refractivity contribution in [2.75, 3.05) is 5.32 Å². The molecule has 0 aliphatic heterocycles. The van der Waals surface area contributed by atoms with Crippen LogP contribution in [0.25, 0.3) is 11.4 Å². The summed E-state index contributed by atoms with van der Waals surface area (Å²) in [4.78, 5) is 12.2. The van der Waals surface area contributed by atoms with Crippen molar-refractivity contribution in [3.05, 3.63) is 46.3 Å². The smallest absolute Gasteiger partial charge is 0.245 e.